The first-order chi connectivity index (χ1) is 14.8. The maximum Gasteiger partial charge on any atom is 0.276 e. The number of benzene rings is 2. The Balaban J connectivity index is 1.90. The highest BCUT2D eigenvalue weighted by Crippen LogP contribution is 2.38. The van der Waals surface area contributed by atoms with Gasteiger partial charge >= 0.3 is 0 Å². The van der Waals surface area contributed by atoms with Crippen LogP contribution in [0.25, 0.3) is 0 Å². The van der Waals surface area contributed by atoms with Crippen LogP contribution in [-0.4, -0.2) is 57.0 Å². The Hall–Kier alpha value is -3.26. The molecular formula is C23H23F2N3O3. The summed E-state index contributed by atoms with van der Waals surface area (Å²) in [5, 5.41) is 26.1. The zero-order valence-electron chi connectivity index (χ0n) is 17.1. The lowest BCUT2D eigenvalue weighted by molar-refractivity contribution is -0.136. The number of aliphatic hydroxyl groups is 2. The number of piperazine rings is 1. The molecule has 2 aromatic rings. The molecule has 1 amide bonds. The van der Waals surface area contributed by atoms with E-state index in [0.717, 1.165) is 6.21 Å². The van der Waals surface area contributed by atoms with Gasteiger partial charge in [-0.3, -0.25) is 9.80 Å². The molecule has 0 saturated carbocycles. The Labute approximate surface area is 178 Å². The summed E-state index contributed by atoms with van der Waals surface area (Å²) in [5.74, 6) is -2.41. The molecule has 0 aliphatic carbocycles. The van der Waals surface area contributed by atoms with E-state index in [2.05, 4.69) is 5.10 Å². The number of hydrogen-bond acceptors (Lipinski definition) is 5. The van der Waals surface area contributed by atoms with E-state index in [0.29, 0.717) is 11.1 Å². The van der Waals surface area contributed by atoms with Crippen LogP contribution in [0.4, 0.5) is 8.78 Å². The van der Waals surface area contributed by atoms with Crippen LogP contribution < -0.4 is 0 Å². The molecule has 4 rings (SSSR count). The number of carbonyl (C=O) groups is 1. The summed E-state index contributed by atoms with van der Waals surface area (Å²) in [6.45, 7) is 3.88. The maximum absolute atomic E-state index is 14.1. The third kappa shape index (κ3) is 3.79. The molecule has 1 unspecified atom stereocenters. The Kier molecular flexibility index (Phi) is 5.49. The fraction of sp³-hybridized carbons (Fsp3) is 0.304. The SMILES string of the molecule is CC(C)N1C[C@@H](C(c2cccc(F)c2)c2cccc(F)c2)N2N=CC(O)C(O)=C2C1=O. The smallest absolute Gasteiger partial charge is 0.276 e. The van der Waals surface area contributed by atoms with E-state index in [9.17, 15) is 23.8 Å². The zero-order chi connectivity index (χ0) is 22.3. The van der Waals surface area contributed by atoms with Crippen molar-refractivity contribution in [3.05, 3.63) is 82.7 Å². The van der Waals surface area contributed by atoms with Gasteiger partial charge in [0.25, 0.3) is 5.91 Å². The van der Waals surface area contributed by atoms with Crippen LogP contribution in [0.15, 0.2) is 65.1 Å². The summed E-state index contributed by atoms with van der Waals surface area (Å²) in [5.41, 5.74) is 1.03. The molecule has 0 aromatic heterocycles. The molecule has 2 atom stereocenters. The minimum Gasteiger partial charge on any atom is -0.507 e. The van der Waals surface area contributed by atoms with Gasteiger partial charge in [0.05, 0.1) is 12.3 Å². The molecular weight excluding hydrogens is 404 g/mol. The summed E-state index contributed by atoms with van der Waals surface area (Å²) in [7, 11) is 0. The van der Waals surface area contributed by atoms with Crippen LogP contribution >= 0.6 is 0 Å². The average molecular weight is 427 g/mol. The third-order valence-corrected chi connectivity index (χ3v) is 5.67. The van der Waals surface area contributed by atoms with Crippen molar-refractivity contribution in [1.29, 1.82) is 0 Å². The molecule has 162 valence electrons. The molecule has 1 fully saturated rings. The predicted molar refractivity (Wildman–Crippen MR) is 111 cm³/mol. The second kappa shape index (κ2) is 8.11. The molecule has 2 aromatic carbocycles. The van der Waals surface area contributed by atoms with Crippen LogP contribution in [0.2, 0.25) is 0 Å². The van der Waals surface area contributed by atoms with Gasteiger partial charge in [-0.05, 0) is 49.2 Å². The largest absolute Gasteiger partial charge is 0.507 e. The van der Waals surface area contributed by atoms with E-state index in [-0.39, 0.29) is 18.3 Å². The standard InChI is InChI=1S/C23H23F2N3O3/c1-13(2)27-12-18(28-21(23(27)31)22(30)19(29)11-26-28)20(14-5-3-7-16(24)9-14)15-6-4-8-17(25)10-15/h3-11,13,18-20,29-30H,12H2,1-2H3/t18-,19?/m0/s1. The molecule has 2 aliphatic heterocycles. The first kappa shape index (κ1) is 21.0. The van der Waals surface area contributed by atoms with Gasteiger partial charge in [0.15, 0.2) is 11.5 Å². The van der Waals surface area contributed by atoms with Crippen LogP contribution in [0.5, 0.6) is 0 Å². The van der Waals surface area contributed by atoms with Crippen molar-refractivity contribution < 1.29 is 23.8 Å². The Morgan fingerprint density at radius 3 is 2.16 bits per heavy atom. The number of carbonyl (C=O) groups excluding carboxylic acids is 1. The second-order valence-electron chi connectivity index (χ2n) is 7.99. The van der Waals surface area contributed by atoms with Gasteiger partial charge in [0.1, 0.15) is 17.7 Å². The first-order valence-electron chi connectivity index (χ1n) is 10.0. The molecule has 2 aliphatic rings. The van der Waals surface area contributed by atoms with E-state index < -0.39 is 41.4 Å². The molecule has 31 heavy (non-hydrogen) atoms. The fourth-order valence-corrected chi connectivity index (χ4v) is 4.21. The number of hydrazone groups is 1. The maximum atomic E-state index is 14.1. The lowest BCUT2D eigenvalue weighted by Gasteiger charge is -2.46. The number of rotatable bonds is 4. The third-order valence-electron chi connectivity index (χ3n) is 5.67. The van der Waals surface area contributed by atoms with Gasteiger partial charge in [-0.15, -0.1) is 0 Å². The van der Waals surface area contributed by atoms with E-state index in [4.69, 9.17) is 0 Å². The van der Waals surface area contributed by atoms with Crippen molar-refractivity contribution in [2.45, 2.75) is 38.0 Å². The normalized spacial score (nSPS) is 21.3. The van der Waals surface area contributed by atoms with Gasteiger partial charge in [0, 0.05) is 18.5 Å². The van der Waals surface area contributed by atoms with Gasteiger partial charge in [-0.25, -0.2) is 8.78 Å². The van der Waals surface area contributed by atoms with Crippen molar-refractivity contribution in [1.82, 2.24) is 9.91 Å². The topological polar surface area (TPSA) is 76.4 Å². The number of aliphatic hydroxyl groups excluding tert-OH is 2. The van der Waals surface area contributed by atoms with Crippen molar-refractivity contribution in [2.24, 2.45) is 5.10 Å². The monoisotopic (exact) mass is 427 g/mol. The number of halogens is 2. The molecule has 0 spiro atoms. The van der Waals surface area contributed by atoms with Crippen LogP contribution in [0.1, 0.15) is 30.9 Å². The molecule has 0 bridgehead atoms. The lowest BCUT2D eigenvalue weighted by Crippen LogP contribution is -2.58. The summed E-state index contributed by atoms with van der Waals surface area (Å²) in [6.07, 6.45) is -0.261. The lowest BCUT2D eigenvalue weighted by atomic mass is 9.82. The van der Waals surface area contributed by atoms with E-state index in [1.54, 1.807) is 29.2 Å². The number of amides is 1. The number of fused-ring (bicyclic) bond motifs is 1. The quantitative estimate of drug-likeness (QED) is 0.786. The summed E-state index contributed by atoms with van der Waals surface area (Å²) < 4.78 is 28.3. The highest BCUT2D eigenvalue weighted by atomic mass is 19.1. The van der Waals surface area contributed by atoms with E-state index >= 15 is 0 Å². The molecule has 1 saturated heterocycles. The molecule has 2 heterocycles. The van der Waals surface area contributed by atoms with Crippen LogP contribution in [0.3, 0.4) is 0 Å². The summed E-state index contributed by atoms with van der Waals surface area (Å²) in [6, 6.07) is 11.2. The second-order valence-corrected chi connectivity index (χ2v) is 7.99. The van der Waals surface area contributed by atoms with Crippen molar-refractivity contribution in [3.8, 4) is 0 Å². The minimum atomic E-state index is -1.40. The minimum absolute atomic E-state index is 0.127. The Bertz CT molecular complexity index is 1020. The van der Waals surface area contributed by atoms with E-state index in [1.165, 1.54) is 29.3 Å². The van der Waals surface area contributed by atoms with E-state index in [1.807, 2.05) is 13.8 Å². The summed E-state index contributed by atoms with van der Waals surface area (Å²) in [4.78, 5) is 14.6. The molecule has 2 N–H and O–H groups in total. The molecule has 6 nitrogen and oxygen atoms in total. The highest BCUT2D eigenvalue weighted by Gasteiger charge is 2.45. The predicted octanol–water partition coefficient (Wildman–Crippen LogP) is 3.15. The van der Waals surface area contributed by atoms with Crippen LogP contribution in [0, 0.1) is 11.6 Å². The Morgan fingerprint density at radius 2 is 1.65 bits per heavy atom. The first-order valence-corrected chi connectivity index (χ1v) is 10.0. The zero-order valence-corrected chi connectivity index (χ0v) is 17.1. The summed E-state index contributed by atoms with van der Waals surface area (Å²) >= 11 is 0. The fourth-order valence-electron chi connectivity index (χ4n) is 4.21. The van der Waals surface area contributed by atoms with Crippen molar-refractivity contribution >= 4 is 12.1 Å². The highest BCUT2D eigenvalue weighted by molar-refractivity contribution is 5.96. The molecule has 8 heteroatoms. The number of nitrogens with zero attached hydrogens (tertiary/aromatic N) is 3. The van der Waals surface area contributed by atoms with Crippen molar-refractivity contribution in [3.63, 3.8) is 0 Å². The average Bonchev–Trinajstić information content (AvgIpc) is 2.72. The van der Waals surface area contributed by atoms with Crippen molar-refractivity contribution in [2.75, 3.05) is 6.54 Å². The Morgan fingerprint density at radius 1 is 1.06 bits per heavy atom. The van der Waals surface area contributed by atoms with Gasteiger partial charge in [0.2, 0.25) is 0 Å². The van der Waals surface area contributed by atoms with Crippen LogP contribution in [-0.2, 0) is 4.79 Å². The van der Waals surface area contributed by atoms with Gasteiger partial charge in [-0.2, -0.15) is 5.10 Å². The number of hydrogen-bond donors (Lipinski definition) is 2. The van der Waals surface area contributed by atoms with Gasteiger partial charge in [-0.1, -0.05) is 24.3 Å². The molecule has 0 radical (unpaired) electrons. The van der Waals surface area contributed by atoms with Gasteiger partial charge < -0.3 is 15.1 Å².